The Kier molecular flexibility index (Phi) is 3.46. The van der Waals surface area contributed by atoms with Crippen molar-refractivity contribution in [1.82, 2.24) is 15.1 Å². The second-order valence-corrected chi connectivity index (χ2v) is 4.17. The van der Waals surface area contributed by atoms with E-state index in [9.17, 15) is 9.90 Å². The minimum Gasteiger partial charge on any atom is -0.478 e. The molecule has 0 saturated heterocycles. The number of hydrogen-bond acceptors (Lipinski definition) is 6. The number of carboxylic acid groups (broad SMARTS) is 1. The van der Waals surface area contributed by atoms with Gasteiger partial charge in [-0.2, -0.15) is 4.98 Å². The zero-order valence-electron chi connectivity index (χ0n) is 10.9. The molecule has 0 bridgehead atoms. The van der Waals surface area contributed by atoms with Crippen LogP contribution in [0.25, 0.3) is 0 Å². The second-order valence-electron chi connectivity index (χ2n) is 4.17. The molecule has 19 heavy (non-hydrogen) atoms. The Morgan fingerprint density at radius 1 is 1.37 bits per heavy atom. The summed E-state index contributed by atoms with van der Waals surface area (Å²) in [6.45, 7) is 5.46. The maximum atomic E-state index is 11.2. The van der Waals surface area contributed by atoms with Gasteiger partial charge in [-0.05, 0) is 26.8 Å². The molecule has 0 aliphatic rings. The van der Waals surface area contributed by atoms with Gasteiger partial charge in [0.25, 0.3) is 0 Å². The van der Waals surface area contributed by atoms with Crippen LogP contribution in [0.2, 0.25) is 0 Å². The molecule has 2 rings (SSSR count). The fourth-order valence-corrected chi connectivity index (χ4v) is 1.82. The SMILES string of the molecule is Cc1cc(NCc2nc(C)no2)c(C(=O)O)c(C)n1. The molecule has 0 atom stereocenters. The van der Waals surface area contributed by atoms with E-state index in [1.165, 1.54) is 0 Å². The Labute approximate surface area is 109 Å². The normalized spacial score (nSPS) is 10.5. The molecule has 0 fully saturated rings. The molecule has 0 aliphatic heterocycles. The van der Waals surface area contributed by atoms with E-state index >= 15 is 0 Å². The molecule has 7 heteroatoms. The van der Waals surface area contributed by atoms with E-state index in [1.807, 2.05) is 0 Å². The van der Waals surface area contributed by atoms with Gasteiger partial charge >= 0.3 is 5.97 Å². The number of anilines is 1. The largest absolute Gasteiger partial charge is 0.478 e. The van der Waals surface area contributed by atoms with Crippen molar-refractivity contribution in [2.24, 2.45) is 0 Å². The summed E-state index contributed by atoms with van der Waals surface area (Å²) in [6.07, 6.45) is 0. The predicted molar refractivity (Wildman–Crippen MR) is 67.0 cm³/mol. The molecule has 7 nitrogen and oxygen atoms in total. The number of rotatable bonds is 4. The molecule has 0 unspecified atom stereocenters. The summed E-state index contributed by atoms with van der Waals surface area (Å²) < 4.78 is 4.96. The van der Waals surface area contributed by atoms with Crippen LogP contribution in [-0.2, 0) is 6.54 Å². The summed E-state index contributed by atoms with van der Waals surface area (Å²) in [5, 5.41) is 15.9. The number of nitrogens with zero attached hydrogens (tertiary/aromatic N) is 3. The summed E-state index contributed by atoms with van der Waals surface area (Å²) in [6, 6.07) is 1.68. The number of hydrogen-bond donors (Lipinski definition) is 2. The van der Waals surface area contributed by atoms with Crippen molar-refractivity contribution >= 4 is 11.7 Å². The Balaban J connectivity index is 2.26. The summed E-state index contributed by atoms with van der Waals surface area (Å²) in [5.41, 5.74) is 1.86. The van der Waals surface area contributed by atoms with Crippen molar-refractivity contribution in [2.75, 3.05) is 5.32 Å². The smallest absolute Gasteiger partial charge is 0.339 e. The lowest BCUT2D eigenvalue weighted by Crippen LogP contribution is -2.10. The minimum atomic E-state index is -1.02. The summed E-state index contributed by atoms with van der Waals surface area (Å²) in [4.78, 5) is 19.4. The van der Waals surface area contributed by atoms with Crippen LogP contribution in [-0.4, -0.2) is 26.2 Å². The van der Waals surface area contributed by atoms with Crippen LogP contribution < -0.4 is 5.32 Å². The van der Waals surface area contributed by atoms with Gasteiger partial charge in [0.15, 0.2) is 5.82 Å². The topological polar surface area (TPSA) is 101 Å². The zero-order valence-corrected chi connectivity index (χ0v) is 10.9. The van der Waals surface area contributed by atoms with Gasteiger partial charge in [0.1, 0.15) is 5.56 Å². The Morgan fingerprint density at radius 3 is 2.68 bits per heavy atom. The van der Waals surface area contributed by atoms with Crippen LogP contribution in [0.1, 0.15) is 33.5 Å². The molecule has 0 saturated carbocycles. The van der Waals surface area contributed by atoms with Gasteiger partial charge in [-0.15, -0.1) is 0 Å². The van der Waals surface area contributed by atoms with Crippen molar-refractivity contribution in [3.8, 4) is 0 Å². The molecule has 0 radical (unpaired) electrons. The lowest BCUT2D eigenvalue weighted by atomic mass is 10.1. The maximum absolute atomic E-state index is 11.2. The van der Waals surface area contributed by atoms with E-state index in [0.717, 1.165) is 5.69 Å². The molecule has 0 aromatic carbocycles. The van der Waals surface area contributed by atoms with Crippen molar-refractivity contribution in [2.45, 2.75) is 27.3 Å². The van der Waals surface area contributed by atoms with E-state index in [4.69, 9.17) is 4.52 Å². The molecule has 2 N–H and O–H groups in total. The third kappa shape index (κ3) is 2.87. The van der Waals surface area contributed by atoms with Crippen LogP contribution in [0.5, 0.6) is 0 Å². The van der Waals surface area contributed by atoms with Crippen molar-refractivity contribution < 1.29 is 14.4 Å². The monoisotopic (exact) mass is 262 g/mol. The fraction of sp³-hybridized carbons (Fsp3) is 0.333. The average Bonchev–Trinajstić information content (AvgIpc) is 2.71. The molecule has 0 aliphatic carbocycles. The fourth-order valence-electron chi connectivity index (χ4n) is 1.82. The molecule has 0 spiro atoms. The second kappa shape index (κ2) is 5.05. The highest BCUT2D eigenvalue weighted by molar-refractivity contribution is 5.95. The number of aromatic carboxylic acids is 1. The highest BCUT2D eigenvalue weighted by atomic mass is 16.5. The van der Waals surface area contributed by atoms with Gasteiger partial charge in [-0.1, -0.05) is 5.16 Å². The first-order chi connectivity index (χ1) is 8.97. The molecule has 100 valence electrons. The number of pyridine rings is 1. The molecule has 2 aromatic rings. The van der Waals surface area contributed by atoms with Crippen molar-refractivity contribution in [1.29, 1.82) is 0 Å². The number of aromatic nitrogens is 3. The summed E-state index contributed by atoms with van der Waals surface area (Å²) >= 11 is 0. The quantitative estimate of drug-likeness (QED) is 0.864. The first-order valence-corrected chi connectivity index (χ1v) is 5.72. The third-order valence-corrected chi connectivity index (χ3v) is 2.54. The van der Waals surface area contributed by atoms with Gasteiger partial charge in [0, 0.05) is 5.69 Å². The van der Waals surface area contributed by atoms with Crippen molar-refractivity contribution in [3.63, 3.8) is 0 Å². The minimum absolute atomic E-state index is 0.154. The van der Waals surface area contributed by atoms with E-state index < -0.39 is 5.97 Å². The molecule has 0 amide bonds. The van der Waals surface area contributed by atoms with Gasteiger partial charge < -0.3 is 14.9 Å². The summed E-state index contributed by atoms with van der Waals surface area (Å²) in [5.74, 6) is -0.0764. The first kappa shape index (κ1) is 13.0. The van der Waals surface area contributed by atoms with Gasteiger partial charge in [0.05, 0.1) is 17.9 Å². The third-order valence-electron chi connectivity index (χ3n) is 2.54. The van der Waals surface area contributed by atoms with Crippen LogP contribution >= 0.6 is 0 Å². The van der Waals surface area contributed by atoms with Crippen LogP contribution in [0.3, 0.4) is 0 Å². The predicted octanol–water partition coefficient (Wildman–Crippen LogP) is 1.70. The first-order valence-electron chi connectivity index (χ1n) is 5.72. The number of aryl methyl sites for hydroxylation is 3. The highest BCUT2D eigenvalue weighted by Gasteiger charge is 2.15. The number of carboxylic acids is 1. The molecular formula is C12H14N4O3. The molecule has 2 heterocycles. The molecular weight excluding hydrogens is 248 g/mol. The standard InChI is InChI=1S/C12H14N4O3/c1-6-4-9(11(12(17)18)7(2)14-6)13-5-10-15-8(3)16-19-10/h4H,5H2,1-3H3,(H,13,14)(H,17,18). The number of carbonyl (C=O) groups is 1. The maximum Gasteiger partial charge on any atom is 0.339 e. The average molecular weight is 262 g/mol. The van der Waals surface area contributed by atoms with E-state index in [2.05, 4.69) is 20.4 Å². The van der Waals surface area contributed by atoms with Gasteiger partial charge in [-0.3, -0.25) is 4.98 Å². The number of nitrogens with one attached hydrogen (secondary N) is 1. The Bertz CT molecular complexity index is 621. The lowest BCUT2D eigenvalue weighted by Gasteiger charge is -2.10. The highest BCUT2D eigenvalue weighted by Crippen LogP contribution is 2.20. The van der Waals surface area contributed by atoms with E-state index in [1.54, 1.807) is 26.8 Å². The zero-order chi connectivity index (χ0) is 14.0. The van der Waals surface area contributed by atoms with Crippen LogP contribution in [0.4, 0.5) is 5.69 Å². The summed E-state index contributed by atoms with van der Waals surface area (Å²) in [7, 11) is 0. The van der Waals surface area contributed by atoms with E-state index in [-0.39, 0.29) is 12.1 Å². The Morgan fingerprint density at radius 2 is 2.11 bits per heavy atom. The van der Waals surface area contributed by atoms with Crippen molar-refractivity contribution in [3.05, 3.63) is 34.7 Å². The van der Waals surface area contributed by atoms with Crippen LogP contribution in [0, 0.1) is 20.8 Å². The Hall–Kier alpha value is -2.44. The molecule has 2 aromatic heterocycles. The van der Waals surface area contributed by atoms with E-state index in [0.29, 0.717) is 23.1 Å². The lowest BCUT2D eigenvalue weighted by molar-refractivity contribution is 0.0696. The van der Waals surface area contributed by atoms with Gasteiger partial charge in [-0.25, -0.2) is 4.79 Å². The van der Waals surface area contributed by atoms with Gasteiger partial charge in [0.2, 0.25) is 5.89 Å². The van der Waals surface area contributed by atoms with Crippen LogP contribution in [0.15, 0.2) is 10.6 Å².